The van der Waals surface area contributed by atoms with Crippen LogP contribution >= 0.6 is 15.9 Å². The maximum Gasteiger partial charge on any atom is 0.127 e. The molecule has 5 heteroatoms. The first-order valence-corrected chi connectivity index (χ1v) is 7.21. The van der Waals surface area contributed by atoms with Gasteiger partial charge in [0.15, 0.2) is 0 Å². The highest BCUT2D eigenvalue weighted by Gasteiger charge is 2.18. The molecule has 0 bridgehead atoms. The molecule has 2 N–H and O–H groups in total. The molecule has 4 nitrogen and oxygen atoms in total. The lowest BCUT2D eigenvalue weighted by Gasteiger charge is -2.19. The smallest absolute Gasteiger partial charge is 0.127 e. The normalized spacial score (nSPS) is 11.9. The quantitative estimate of drug-likeness (QED) is 0.895. The van der Waals surface area contributed by atoms with E-state index < -0.39 is 0 Å². The second-order valence-electron chi connectivity index (χ2n) is 4.47. The maximum absolute atomic E-state index is 6.41. The number of methoxy groups -OCH3 is 3. The summed E-state index contributed by atoms with van der Waals surface area (Å²) in [7, 11) is 4.86. The Morgan fingerprint density at radius 2 is 1.57 bits per heavy atom. The molecule has 21 heavy (non-hydrogen) atoms. The zero-order valence-electron chi connectivity index (χ0n) is 12.2. The zero-order valence-corrected chi connectivity index (χ0v) is 13.8. The van der Waals surface area contributed by atoms with Crippen molar-refractivity contribution < 1.29 is 14.2 Å². The standard InChI is InChI=1S/C16H18BrNO3/c1-19-11-5-6-12(15(9-11)21-3)16(18)13-8-10(17)4-7-14(13)20-2/h4-9,16H,18H2,1-3H3. The highest BCUT2D eigenvalue weighted by atomic mass is 79.9. The van der Waals surface area contributed by atoms with Gasteiger partial charge in [-0.3, -0.25) is 0 Å². The molecule has 1 atom stereocenters. The van der Waals surface area contributed by atoms with E-state index >= 15 is 0 Å². The van der Waals surface area contributed by atoms with Crippen LogP contribution in [0.5, 0.6) is 17.2 Å². The van der Waals surface area contributed by atoms with Crippen molar-refractivity contribution in [2.24, 2.45) is 5.73 Å². The third-order valence-electron chi connectivity index (χ3n) is 3.30. The second kappa shape index (κ2) is 6.83. The van der Waals surface area contributed by atoms with E-state index in [4.69, 9.17) is 19.9 Å². The fourth-order valence-corrected chi connectivity index (χ4v) is 2.57. The van der Waals surface area contributed by atoms with Crippen LogP contribution in [0.25, 0.3) is 0 Å². The first-order valence-electron chi connectivity index (χ1n) is 6.41. The molecular formula is C16H18BrNO3. The van der Waals surface area contributed by atoms with Gasteiger partial charge in [0.25, 0.3) is 0 Å². The number of hydrogen-bond acceptors (Lipinski definition) is 4. The summed E-state index contributed by atoms with van der Waals surface area (Å²) < 4.78 is 17.0. The lowest BCUT2D eigenvalue weighted by Crippen LogP contribution is -2.14. The van der Waals surface area contributed by atoms with Gasteiger partial charge in [0.2, 0.25) is 0 Å². The fraction of sp³-hybridized carbons (Fsp3) is 0.250. The third kappa shape index (κ3) is 3.31. The van der Waals surface area contributed by atoms with Crippen molar-refractivity contribution in [2.45, 2.75) is 6.04 Å². The lowest BCUT2D eigenvalue weighted by atomic mass is 9.97. The highest BCUT2D eigenvalue weighted by Crippen LogP contribution is 2.36. The van der Waals surface area contributed by atoms with E-state index in [2.05, 4.69) is 15.9 Å². The average Bonchev–Trinajstić information content (AvgIpc) is 2.53. The van der Waals surface area contributed by atoms with Gasteiger partial charge in [-0.1, -0.05) is 15.9 Å². The largest absolute Gasteiger partial charge is 0.497 e. The summed E-state index contributed by atoms with van der Waals surface area (Å²) in [5, 5.41) is 0. The number of nitrogens with two attached hydrogens (primary N) is 1. The van der Waals surface area contributed by atoms with Crippen molar-refractivity contribution in [3.8, 4) is 17.2 Å². The van der Waals surface area contributed by atoms with Crippen molar-refractivity contribution in [1.82, 2.24) is 0 Å². The zero-order chi connectivity index (χ0) is 15.4. The van der Waals surface area contributed by atoms with Gasteiger partial charge in [0.05, 0.1) is 27.4 Å². The summed E-state index contributed by atoms with van der Waals surface area (Å²) >= 11 is 3.46. The molecule has 0 spiro atoms. The minimum absolute atomic E-state index is 0.363. The van der Waals surface area contributed by atoms with Gasteiger partial charge in [-0.25, -0.2) is 0 Å². The maximum atomic E-state index is 6.41. The number of rotatable bonds is 5. The van der Waals surface area contributed by atoms with Crippen LogP contribution in [0.3, 0.4) is 0 Å². The Kier molecular flexibility index (Phi) is 5.09. The summed E-state index contributed by atoms with van der Waals surface area (Å²) in [5.41, 5.74) is 8.16. The molecule has 0 aromatic heterocycles. The molecule has 0 amide bonds. The van der Waals surface area contributed by atoms with Gasteiger partial charge < -0.3 is 19.9 Å². The van der Waals surface area contributed by atoms with E-state index in [1.165, 1.54) is 0 Å². The van der Waals surface area contributed by atoms with E-state index in [0.717, 1.165) is 27.1 Å². The van der Waals surface area contributed by atoms with Crippen LogP contribution in [-0.2, 0) is 0 Å². The number of ether oxygens (including phenoxy) is 3. The molecule has 1 unspecified atom stereocenters. The molecular weight excluding hydrogens is 334 g/mol. The van der Waals surface area contributed by atoms with Crippen molar-refractivity contribution in [2.75, 3.05) is 21.3 Å². The van der Waals surface area contributed by atoms with Gasteiger partial charge in [-0.05, 0) is 30.3 Å². The molecule has 0 aliphatic rings. The van der Waals surface area contributed by atoms with Crippen LogP contribution in [0.4, 0.5) is 0 Å². The summed E-state index contributed by atoms with van der Waals surface area (Å²) in [5.74, 6) is 2.15. The molecule has 0 saturated carbocycles. The van der Waals surface area contributed by atoms with Gasteiger partial charge in [0, 0.05) is 21.7 Å². The first kappa shape index (κ1) is 15.7. The van der Waals surface area contributed by atoms with Gasteiger partial charge >= 0.3 is 0 Å². The van der Waals surface area contributed by atoms with E-state index in [0.29, 0.717) is 5.75 Å². The Balaban J connectivity index is 2.49. The van der Waals surface area contributed by atoms with Gasteiger partial charge in [-0.15, -0.1) is 0 Å². The van der Waals surface area contributed by atoms with Crippen molar-refractivity contribution in [1.29, 1.82) is 0 Å². The number of halogens is 1. The Morgan fingerprint density at radius 3 is 2.19 bits per heavy atom. The summed E-state index contributed by atoms with van der Waals surface area (Å²) in [4.78, 5) is 0. The van der Waals surface area contributed by atoms with Crippen LogP contribution in [0.2, 0.25) is 0 Å². The molecule has 2 aromatic carbocycles. The van der Waals surface area contributed by atoms with E-state index in [1.807, 2.05) is 36.4 Å². The molecule has 2 aromatic rings. The van der Waals surface area contributed by atoms with Crippen LogP contribution < -0.4 is 19.9 Å². The van der Waals surface area contributed by atoms with E-state index in [-0.39, 0.29) is 6.04 Å². The Hall–Kier alpha value is -1.72. The molecule has 112 valence electrons. The van der Waals surface area contributed by atoms with Crippen LogP contribution in [0, 0.1) is 0 Å². The molecule has 0 fully saturated rings. The molecule has 0 aliphatic carbocycles. The Labute approximate surface area is 132 Å². The molecule has 0 heterocycles. The molecule has 0 saturated heterocycles. The predicted molar refractivity (Wildman–Crippen MR) is 86.3 cm³/mol. The predicted octanol–water partition coefficient (Wildman–Crippen LogP) is 3.52. The monoisotopic (exact) mass is 351 g/mol. The van der Waals surface area contributed by atoms with Crippen molar-refractivity contribution >= 4 is 15.9 Å². The summed E-state index contributed by atoms with van der Waals surface area (Å²) in [6, 6.07) is 11.0. The summed E-state index contributed by atoms with van der Waals surface area (Å²) in [6.45, 7) is 0. The molecule has 0 radical (unpaired) electrons. The van der Waals surface area contributed by atoms with Crippen molar-refractivity contribution in [3.63, 3.8) is 0 Å². The average molecular weight is 352 g/mol. The lowest BCUT2D eigenvalue weighted by molar-refractivity contribution is 0.388. The van der Waals surface area contributed by atoms with Crippen LogP contribution in [-0.4, -0.2) is 21.3 Å². The van der Waals surface area contributed by atoms with E-state index in [9.17, 15) is 0 Å². The minimum atomic E-state index is -0.363. The SMILES string of the molecule is COc1ccc(C(N)c2cc(Br)ccc2OC)c(OC)c1. The highest BCUT2D eigenvalue weighted by molar-refractivity contribution is 9.10. The van der Waals surface area contributed by atoms with Gasteiger partial charge in [0.1, 0.15) is 17.2 Å². The van der Waals surface area contributed by atoms with Crippen LogP contribution in [0.15, 0.2) is 40.9 Å². The topological polar surface area (TPSA) is 53.7 Å². The number of hydrogen-bond donors (Lipinski definition) is 1. The van der Waals surface area contributed by atoms with Crippen molar-refractivity contribution in [3.05, 3.63) is 52.0 Å². The second-order valence-corrected chi connectivity index (χ2v) is 5.39. The van der Waals surface area contributed by atoms with E-state index in [1.54, 1.807) is 21.3 Å². The Morgan fingerprint density at radius 1 is 0.857 bits per heavy atom. The first-order chi connectivity index (χ1) is 10.1. The Bertz CT molecular complexity index is 631. The molecule has 2 rings (SSSR count). The fourth-order valence-electron chi connectivity index (χ4n) is 2.19. The third-order valence-corrected chi connectivity index (χ3v) is 3.80. The molecule has 0 aliphatic heterocycles. The number of benzene rings is 2. The summed E-state index contributed by atoms with van der Waals surface area (Å²) in [6.07, 6.45) is 0. The minimum Gasteiger partial charge on any atom is -0.497 e. The van der Waals surface area contributed by atoms with Gasteiger partial charge in [-0.2, -0.15) is 0 Å². The van der Waals surface area contributed by atoms with Crippen LogP contribution in [0.1, 0.15) is 17.2 Å².